The molecule has 4 rings (SSSR count). The van der Waals surface area contributed by atoms with E-state index in [9.17, 15) is 0 Å². The van der Waals surface area contributed by atoms with Gasteiger partial charge in [0.25, 0.3) is 0 Å². The summed E-state index contributed by atoms with van der Waals surface area (Å²) >= 11 is 0. The Morgan fingerprint density at radius 1 is 0.778 bits per heavy atom. The molecule has 2 nitrogen and oxygen atoms in total. The summed E-state index contributed by atoms with van der Waals surface area (Å²) in [6, 6.07) is 17.7. The lowest BCUT2D eigenvalue weighted by molar-refractivity contribution is -0.659. The molecule has 0 fully saturated rings. The molecular formula is C25H25N2+. The topological polar surface area (TPSA) is 16.8 Å². The monoisotopic (exact) mass is 353 g/mol. The van der Waals surface area contributed by atoms with Crippen molar-refractivity contribution in [1.29, 1.82) is 0 Å². The Bertz CT molecular complexity index is 1160. The quantitative estimate of drug-likeness (QED) is 0.427. The molecule has 0 saturated heterocycles. The van der Waals surface area contributed by atoms with Crippen molar-refractivity contribution in [2.75, 3.05) is 0 Å². The van der Waals surface area contributed by atoms with Crippen LogP contribution in [0.4, 0.5) is 0 Å². The number of rotatable bonds is 2. The molecule has 0 unspecified atom stereocenters. The van der Waals surface area contributed by atoms with Crippen molar-refractivity contribution < 1.29 is 4.57 Å². The average molecular weight is 353 g/mol. The summed E-state index contributed by atoms with van der Waals surface area (Å²) in [6.07, 6.45) is 4.17. The number of benzene rings is 2. The number of pyridine rings is 2. The number of hydrogen-bond donors (Lipinski definition) is 0. The molecule has 2 heterocycles. The smallest absolute Gasteiger partial charge is 0.213 e. The van der Waals surface area contributed by atoms with Crippen molar-refractivity contribution in [2.24, 2.45) is 7.05 Å². The molecule has 0 saturated carbocycles. The van der Waals surface area contributed by atoms with Crippen LogP contribution in [0, 0.1) is 27.7 Å². The fraction of sp³-hybridized carbons (Fsp3) is 0.200. The first kappa shape index (κ1) is 17.4. The van der Waals surface area contributed by atoms with Crippen LogP contribution in [0.2, 0.25) is 0 Å². The molecule has 0 atom stereocenters. The number of aryl methyl sites for hydroxylation is 4. The van der Waals surface area contributed by atoms with Crippen LogP contribution in [-0.2, 0) is 7.05 Å². The molecule has 2 aromatic heterocycles. The van der Waals surface area contributed by atoms with Gasteiger partial charge in [-0.15, -0.1) is 0 Å². The standard InChI is InChI=1S/C25H25N2/c1-16-10-17(2)19(4)24(11-16)25-13-23-12-20(8-9-22(23)15-27(25)5)21-7-6-18(3)26-14-21/h6-15H,1-5H3/q+1. The molecule has 0 aliphatic rings. The zero-order chi connectivity index (χ0) is 19.1. The fourth-order valence-corrected chi connectivity index (χ4v) is 3.74. The Balaban J connectivity index is 1.90. The Kier molecular flexibility index (Phi) is 4.27. The van der Waals surface area contributed by atoms with Gasteiger partial charge in [0.2, 0.25) is 5.69 Å². The second-order valence-electron chi connectivity index (χ2n) is 7.56. The molecular weight excluding hydrogens is 328 g/mol. The van der Waals surface area contributed by atoms with E-state index in [4.69, 9.17) is 0 Å². The molecule has 0 bridgehead atoms. The highest BCUT2D eigenvalue weighted by Crippen LogP contribution is 2.29. The van der Waals surface area contributed by atoms with E-state index in [1.807, 2.05) is 13.1 Å². The maximum absolute atomic E-state index is 4.44. The van der Waals surface area contributed by atoms with Crippen molar-refractivity contribution in [2.45, 2.75) is 27.7 Å². The van der Waals surface area contributed by atoms with Gasteiger partial charge in [-0.05, 0) is 74.0 Å². The van der Waals surface area contributed by atoms with E-state index in [2.05, 4.69) is 92.1 Å². The van der Waals surface area contributed by atoms with E-state index in [1.165, 1.54) is 44.3 Å². The van der Waals surface area contributed by atoms with E-state index in [-0.39, 0.29) is 0 Å². The first-order valence-corrected chi connectivity index (χ1v) is 9.37. The van der Waals surface area contributed by atoms with Gasteiger partial charge in [-0.2, -0.15) is 0 Å². The minimum atomic E-state index is 1.04. The molecule has 0 spiro atoms. The number of aromatic nitrogens is 2. The largest absolute Gasteiger partial charge is 0.261 e. The highest BCUT2D eigenvalue weighted by Gasteiger charge is 2.16. The second kappa shape index (κ2) is 6.62. The Morgan fingerprint density at radius 2 is 1.56 bits per heavy atom. The van der Waals surface area contributed by atoms with Gasteiger partial charge in [0, 0.05) is 34.5 Å². The molecule has 27 heavy (non-hydrogen) atoms. The summed E-state index contributed by atoms with van der Waals surface area (Å²) in [5.41, 5.74) is 9.92. The zero-order valence-electron chi connectivity index (χ0n) is 16.7. The lowest BCUT2D eigenvalue weighted by atomic mass is 9.96. The van der Waals surface area contributed by atoms with Crippen molar-refractivity contribution in [3.8, 4) is 22.4 Å². The SMILES string of the molecule is Cc1cc(C)c(C)c(-c2cc3cc(-c4ccc(C)nc4)ccc3c[n+]2C)c1. The van der Waals surface area contributed by atoms with Crippen LogP contribution in [0.25, 0.3) is 33.2 Å². The van der Waals surface area contributed by atoms with Crippen LogP contribution in [0.5, 0.6) is 0 Å². The summed E-state index contributed by atoms with van der Waals surface area (Å²) in [5, 5.41) is 2.49. The van der Waals surface area contributed by atoms with Crippen molar-refractivity contribution in [3.05, 3.63) is 83.3 Å². The summed E-state index contributed by atoms with van der Waals surface area (Å²) in [5.74, 6) is 0. The third kappa shape index (κ3) is 3.23. The van der Waals surface area contributed by atoms with Crippen LogP contribution in [0.3, 0.4) is 0 Å². The molecule has 0 N–H and O–H groups in total. The van der Waals surface area contributed by atoms with Gasteiger partial charge in [-0.1, -0.05) is 23.8 Å². The number of nitrogens with zero attached hydrogens (tertiary/aromatic N) is 2. The fourth-order valence-electron chi connectivity index (χ4n) is 3.74. The summed E-state index contributed by atoms with van der Waals surface area (Å²) in [6.45, 7) is 8.58. The average Bonchev–Trinajstić information content (AvgIpc) is 2.64. The van der Waals surface area contributed by atoms with Gasteiger partial charge in [0.05, 0.1) is 0 Å². The van der Waals surface area contributed by atoms with Crippen molar-refractivity contribution in [1.82, 2.24) is 4.98 Å². The summed E-state index contributed by atoms with van der Waals surface area (Å²) in [4.78, 5) is 4.44. The molecule has 0 amide bonds. The normalized spacial score (nSPS) is 11.1. The molecule has 2 heteroatoms. The Morgan fingerprint density at radius 3 is 2.30 bits per heavy atom. The maximum atomic E-state index is 4.44. The lowest BCUT2D eigenvalue weighted by Crippen LogP contribution is -2.30. The third-order valence-electron chi connectivity index (χ3n) is 5.42. The maximum Gasteiger partial charge on any atom is 0.213 e. The van der Waals surface area contributed by atoms with E-state index < -0.39 is 0 Å². The second-order valence-corrected chi connectivity index (χ2v) is 7.56. The highest BCUT2D eigenvalue weighted by atomic mass is 14.9. The van der Waals surface area contributed by atoms with Gasteiger partial charge in [-0.25, -0.2) is 4.57 Å². The van der Waals surface area contributed by atoms with Crippen molar-refractivity contribution >= 4 is 10.8 Å². The van der Waals surface area contributed by atoms with Gasteiger partial charge >= 0.3 is 0 Å². The number of hydrogen-bond acceptors (Lipinski definition) is 1. The van der Waals surface area contributed by atoms with E-state index in [0.29, 0.717) is 0 Å². The molecule has 134 valence electrons. The first-order chi connectivity index (χ1) is 12.9. The Labute approximate surface area is 161 Å². The molecule has 0 aliphatic carbocycles. The summed E-state index contributed by atoms with van der Waals surface area (Å²) < 4.78 is 2.23. The Hall–Kier alpha value is -3.00. The molecule has 2 aromatic carbocycles. The van der Waals surface area contributed by atoms with Gasteiger partial charge < -0.3 is 0 Å². The minimum absolute atomic E-state index is 1.04. The van der Waals surface area contributed by atoms with Crippen molar-refractivity contribution in [3.63, 3.8) is 0 Å². The predicted molar refractivity (Wildman–Crippen MR) is 113 cm³/mol. The van der Waals surface area contributed by atoms with Crippen LogP contribution < -0.4 is 4.57 Å². The van der Waals surface area contributed by atoms with Gasteiger partial charge in [0.1, 0.15) is 7.05 Å². The highest BCUT2D eigenvalue weighted by molar-refractivity contribution is 5.88. The van der Waals surface area contributed by atoms with E-state index in [1.54, 1.807) is 0 Å². The van der Waals surface area contributed by atoms with Crippen LogP contribution in [0.1, 0.15) is 22.4 Å². The van der Waals surface area contributed by atoms with Crippen LogP contribution >= 0.6 is 0 Å². The van der Waals surface area contributed by atoms with Gasteiger partial charge in [0.15, 0.2) is 6.20 Å². The molecule has 4 aromatic rings. The van der Waals surface area contributed by atoms with E-state index >= 15 is 0 Å². The number of fused-ring (bicyclic) bond motifs is 1. The summed E-state index contributed by atoms with van der Waals surface area (Å²) in [7, 11) is 2.13. The van der Waals surface area contributed by atoms with E-state index in [0.717, 1.165) is 11.3 Å². The molecule has 0 radical (unpaired) electrons. The van der Waals surface area contributed by atoms with Gasteiger partial charge in [-0.3, -0.25) is 4.98 Å². The molecule has 0 aliphatic heterocycles. The zero-order valence-corrected chi connectivity index (χ0v) is 16.7. The minimum Gasteiger partial charge on any atom is -0.261 e. The lowest BCUT2D eigenvalue weighted by Gasteiger charge is -2.11. The predicted octanol–water partition coefficient (Wildman–Crippen LogP) is 5.63. The first-order valence-electron chi connectivity index (χ1n) is 9.37. The van der Waals surface area contributed by atoms with Crippen LogP contribution in [-0.4, -0.2) is 4.98 Å². The van der Waals surface area contributed by atoms with Crippen LogP contribution in [0.15, 0.2) is 60.9 Å². The third-order valence-corrected chi connectivity index (χ3v) is 5.42.